The van der Waals surface area contributed by atoms with Crippen molar-refractivity contribution in [3.63, 3.8) is 0 Å². The lowest BCUT2D eigenvalue weighted by Gasteiger charge is -2.28. The Labute approximate surface area is 146 Å². The van der Waals surface area contributed by atoms with Crippen molar-refractivity contribution >= 4 is 11.6 Å². The third kappa shape index (κ3) is 6.57. The van der Waals surface area contributed by atoms with Gasteiger partial charge in [0.2, 0.25) is 5.91 Å². The molecule has 0 aliphatic carbocycles. The molecule has 2 N–H and O–H groups in total. The lowest BCUT2D eigenvalue weighted by molar-refractivity contribution is -0.153. The number of ether oxygens (including phenoxy) is 1. The summed E-state index contributed by atoms with van der Waals surface area (Å²) in [6.45, 7) is 4.32. The van der Waals surface area contributed by atoms with Crippen LogP contribution in [0.2, 0.25) is 0 Å². The summed E-state index contributed by atoms with van der Waals surface area (Å²) in [5.74, 6) is 0.479. The van der Waals surface area contributed by atoms with E-state index < -0.39 is 12.8 Å². The van der Waals surface area contributed by atoms with E-state index in [9.17, 15) is 18.0 Å². The highest BCUT2D eigenvalue weighted by Gasteiger charge is 2.29. The molecule has 2 unspecified atom stereocenters. The van der Waals surface area contributed by atoms with Crippen LogP contribution in [0.5, 0.6) is 5.75 Å². The van der Waals surface area contributed by atoms with Gasteiger partial charge in [0.05, 0.1) is 5.69 Å². The first-order valence-corrected chi connectivity index (χ1v) is 8.55. The van der Waals surface area contributed by atoms with Crippen LogP contribution in [0, 0.1) is 18.8 Å². The molecule has 1 aromatic rings. The van der Waals surface area contributed by atoms with Gasteiger partial charge in [-0.05, 0) is 62.4 Å². The largest absolute Gasteiger partial charge is 0.482 e. The molecule has 1 aromatic carbocycles. The van der Waals surface area contributed by atoms with Gasteiger partial charge < -0.3 is 15.4 Å². The molecule has 1 fully saturated rings. The lowest BCUT2D eigenvalue weighted by atomic mass is 9.85. The van der Waals surface area contributed by atoms with Gasteiger partial charge in [0, 0.05) is 6.42 Å². The molecule has 1 aliphatic heterocycles. The SMILES string of the molecule is Cc1ccc(NC(=O)CC(C)C2CCCNC2)c(OCC(F)(F)F)c1. The Morgan fingerprint density at radius 3 is 2.84 bits per heavy atom. The van der Waals surface area contributed by atoms with E-state index >= 15 is 0 Å². The molecular weight excluding hydrogens is 333 g/mol. The summed E-state index contributed by atoms with van der Waals surface area (Å²) in [5.41, 5.74) is 1.03. The number of piperidine rings is 1. The summed E-state index contributed by atoms with van der Waals surface area (Å²) in [6.07, 6.45) is -1.90. The minimum atomic E-state index is -4.42. The first-order chi connectivity index (χ1) is 11.7. The number of alkyl halides is 3. The van der Waals surface area contributed by atoms with Gasteiger partial charge in [-0.1, -0.05) is 13.0 Å². The van der Waals surface area contributed by atoms with E-state index in [2.05, 4.69) is 10.6 Å². The fraction of sp³-hybridized carbons (Fsp3) is 0.611. The van der Waals surface area contributed by atoms with Crippen molar-refractivity contribution in [1.82, 2.24) is 5.32 Å². The highest BCUT2D eigenvalue weighted by Crippen LogP contribution is 2.29. The minimum absolute atomic E-state index is 0.0395. The third-order valence-electron chi connectivity index (χ3n) is 4.45. The molecule has 1 aliphatic rings. The van der Waals surface area contributed by atoms with Gasteiger partial charge in [-0.2, -0.15) is 13.2 Å². The maximum Gasteiger partial charge on any atom is 0.422 e. The topological polar surface area (TPSA) is 50.4 Å². The van der Waals surface area contributed by atoms with Crippen LogP contribution >= 0.6 is 0 Å². The Balaban J connectivity index is 1.97. The van der Waals surface area contributed by atoms with E-state index in [0.29, 0.717) is 12.3 Å². The average Bonchev–Trinajstić information content (AvgIpc) is 2.55. The van der Waals surface area contributed by atoms with Crippen LogP contribution in [0.15, 0.2) is 18.2 Å². The fourth-order valence-electron chi connectivity index (χ4n) is 3.04. The summed E-state index contributed by atoms with van der Waals surface area (Å²) in [7, 11) is 0. The summed E-state index contributed by atoms with van der Waals surface area (Å²) in [5, 5.41) is 6.02. The quantitative estimate of drug-likeness (QED) is 0.811. The van der Waals surface area contributed by atoms with Crippen LogP contribution in [0.3, 0.4) is 0 Å². The van der Waals surface area contributed by atoms with Crippen LogP contribution in [-0.2, 0) is 4.79 Å². The molecule has 140 valence electrons. The number of anilines is 1. The maximum absolute atomic E-state index is 12.4. The molecular formula is C18H25F3N2O2. The Bertz CT molecular complexity index is 584. The first-order valence-electron chi connectivity index (χ1n) is 8.55. The number of halogens is 3. The van der Waals surface area contributed by atoms with Gasteiger partial charge >= 0.3 is 6.18 Å². The molecule has 4 nitrogen and oxygen atoms in total. The molecule has 1 amide bonds. The van der Waals surface area contributed by atoms with Crippen molar-refractivity contribution in [1.29, 1.82) is 0 Å². The zero-order chi connectivity index (χ0) is 18.4. The first kappa shape index (κ1) is 19.6. The number of hydrogen-bond acceptors (Lipinski definition) is 3. The molecule has 25 heavy (non-hydrogen) atoms. The van der Waals surface area contributed by atoms with Crippen LogP contribution in [0.4, 0.5) is 18.9 Å². The predicted octanol–water partition coefficient (Wildman–Crippen LogP) is 3.90. The minimum Gasteiger partial charge on any atom is -0.482 e. The Kier molecular flexibility index (Phi) is 6.70. The predicted molar refractivity (Wildman–Crippen MR) is 90.7 cm³/mol. The number of carbonyl (C=O) groups excluding carboxylic acids is 1. The van der Waals surface area contributed by atoms with E-state index in [-0.39, 0.29) is 23.3 Å². The van der Waals surface area contributed by atoms with E-state index in [1.165, 1.54) is 6.07 Å². The molecule has 1 saturated heterocycles. The van der Waals surface area contributed by atoms with Crippen molar-refractivity contribution in [2.45, 2.75) is 39.3 Å². The zero-order valence-electron chi connectivity index (χ0n) is 14.6. The highest BCUT2D eigenvalue weighted by molar-refractivity contribution is 5.92. The molecule has 7 heteroatoms. The van der Waals surface area contributed by atoms with Gasteiger partial charge in [0.15, 0.2) is 6.61 Å². The van der Waals surface area contributed by atoms with Gasteiger partial charge in [-0.25, -0.2) is 0 Å². The molecule has 0 bridgehead atoms. The number of amides is 1. The second-order valence-corrected chi connectivity index (χ2v) is 6.74. The highest BCUT2D eigenvalue weighted by atomic mass is 19.4. The standard InChI is InChI=1S/C18H25F3N2O2/c1-12-5-6-15(16(8-12)25-11-18(19,20)21)23-17(24)9-13(2)14-4-3-7-22-10-14/h5-6,8,13-14,22H,3-4,7,9-11H2,1-2H3,(H,23,24). The van der Waals surface area contributed by atoms with Crippen molar-refractivity contribution in [3.8, 4) is 5.75 Å². The van der Waals surface area contributed by atoms with Crippen LogP contribution in [0.25, 0.3) is 0 Å². The summed E-state index contributed by atoms with van der Waals surface area (Å²) in [6, 6.07) is 4.80. The van der Waals surface area contributed by atoms with Gasteiger partial charge in [-0.3, -0.25) is 4.79 Å². The fourth-order valence-corrected chi connectivity index (χ4v) is 3.04. The molecule has 0 saturated carbocycles. The van der Waals surface area contributed by atoms with Crippen molar-refractivity contribution in [3.05, 3.63) is 23.8 Å². The van der Waals surface area contributed by atoms with Crippen molar-refractivity contribution in [2.24, 2.45) is 11.8 Å². The molecule has 2 rings (SSSR count). The number of carbonyl (C=O) groups is 1. The van der Waals surface area contributed by atoms with E-state index in [1.807, 2.05) is 6.92 Å². The van der Waals surface area contributed by atoms with Crippen molar-refractivity contribution in [2.75, 3.05) is 25.0 Å². The van der Waals surface area contributed by atoms with Crippen LogP contribution in [0.1, 0.15) is 31.7 Å². The summed E-state index contributed by atoms with van der Waals surface area (Å²) >= 11 is 0. The number of nitrogens with one attached hydrogen (secondary N) is 2. The third-order valence-corrected chi connectivity index (χ3v) is 4.45. The Morgan fingerprint density at radius 1 is 1.44 bits per heavy atom. The molecule has 0 aromatic heterocycles. The number of hydrogen-bond donors (Lipinski definition) is 2. The zero-order valence-corrected chi connectivity index (χ0v) is 14.6. The summed E-state index contributed by atoms with van der Waals surface area (Å²) in [4.78, 5) is 12.3. The lowest BCUT2D eigenvalue weighted by Crippen LogP contribution is -2.34. The Hall–Kier alpha value is -1.76. The Morgan fingerprint density at radius 2 is 2.20 bits per heavy atom. The van der Waals surface area contributed by atoms with E-state index in [4.69, 9.17) is 4.74 Å². The molecule has 0 radical (unpaired) electrons. The van der Waals surface area contributed by atoms with Crippen molar-refractivity contribution < 1.29 is 22.7 Å². The maximum atomic E-state index is 12.4. The number of benzene rings is 1. The second kappa shape index (κ2) is 8.56. The molecule has 1 heterocycles. The number of aryl methyl sites for hydroxylation is 1. The van der Waals surface area contributed by atoms with Gasteiger partial charge in [0.25, 0.3) is 0 Å². The smallest absolute Gasteiger partial charge is 0.422 e. The van der Waals surface area contributed by atoms with E-state index in [1.54, 1.807) is 19.1 Å². The van der Waals surface area contributed by atoms with Gasteiger partial charge in [-0.15, -0.1) is 0 Å². The van der Waals surface area contributed by atoms with Gasteiger partial charge in [0.1, 0.15) is 5.75 Å². The summed E-state index contributed by atoms with van der Waals surface area (Å²) < 4.78 is 42.0. The van der Waals surface area contributed by atoms with Crippen LogP contribution < -0.4 is 15.4 Å². The monoisotopic (exact) mass is 358 g/mol. The van der Waals surface area contributed by atoms with Crippen LogP contribution in [-0.4, -0.2) is 31.8 Å². The van der Waals surface area contributed by atoms with E-state index in [0.717, 1.165) is 31.5 Å². The second-order valence-electron chi connectivity index (χ2n) is 6.74. The average molecular weight is 358 g/mol. The molecule has 0 spiro atoms. The molecule has 2 atom stereocenters. The number of rotatable bonds is 6. The normalized spacial score (nSPS) is 19.3.